The summed E-state index contributed by atoms with van der Waals surface area (Å²) in [6, 6.07) is 6.37. The summed E-state index contributed by atoms with van der Waals surface area (Å²) in [4.78, 5) is 15.5. The summed E-state index contributed by atoms with van der Waals surface area (Å²) in [7, 11) is 1.69. The van der Waals surface area contributed by atoms with Crippen LogP contribution in [-0.4, -0.2) is 24.0 Å². The molecule has 3 rings (SSSR count). The highest BCUT2D eigenvalue weighted by Crippen LogP contribution is 2.31. The zero-order valence-electron chi connectivity index (χ0n) is 13.5. The molecule has 1 heterocycles. The fourth-order valence-electron chi connectivity index (χ4n) is 3.30. The van der Waals surface area contributed by atoms with Crippen molar-refractivity contribution in [1.29, 1.82) is 0 Å². The van der Waals surface area contributed by atoms with Gasteiger partial charge >= 0.3 is 0 Å². The van der Waals surface area contributed by atoms with Gasteiger partial charge in [0.2, 0.25) is 5.91 Å². The number of carbonyl (C=O) groups is 1. The van der Waals surface area contributed by atoms with Gasteiger partial charge in [-0.05, 0) is 48.9 Å². The zero-order valence-corrected chi connectivity index (χ0v) is 13.5. The Labute approximate surface area is 131 Å². The molecule has 1 aromatic carbocycles. The third-order valence-corrected chi connectivity index (χ3v) is 4.35. The summed E-state index contributed by atoms with van der Waals surface area (Å²) >= 11 is 0. The number of hydrogen-bond acceptors (Lipinski definition) is 2. The Bertz CT molecular complexity index is 688. The van der Waals surface area contributed by atoms with E-state index in [1.165, 1.54) is 16.6 Å². The summed E-state index contributed by atoms with van der Waals surface area (Å²) in [5.41, 5.74) is 3.78. The van der Waals surface area contributed by atoms with Crippen LogP contribution in [0.1, 0.15) is 37.9 Å². The number of H-pyrrole nitrogens is 1. The Kier molecular flexibility index (Phi) is 4.10. The molecule has 0 aliphatic heterocycles. The lowest BCUT2D eigenvalue weighted by Crippen LogP contribution is -2.39. The van der Waals surface area contributed by atoms with Crippen molar-refractivity contribution in [2.45, 2.75) is 45.6 Å². The molecular formula is C18H24N2O2. The molecule has 1 aromatic heterocycles. The fourth-order valence-corrected chi connectivity index (χ4v) is 3.30. The molecule has 2 N–H and O–H groups in total. The lowest BCUT2D eigenvalue weighted by atomic mass is 9.91. The number of amides is 1. The normalized spacial score (nSPS) is 17.5. The Morgan fingerprint density at radius 2 is 2.27 bits per heavy atom. The van der Waals surface area contributed by atoms with Crippen molar-refractivity contribution < 1.29 is 9.53 Å². The van der Waals surface area contributed by atoms with Crippen LogP contribution in [0.2, 0.25) is 0 Å². The minimum Gasteiger partial charge on any atom is -0.497 e. The van der Waals surface area contributed by atoms with Crippen molar-refractivity contribution in [1.82, 2.24) is 10.3 Å². The average Bonchev–Trinajstić information content (AvgIpc) is 2.83. The van der Waals surface area contributed by atoms with E-state index in [4.69, 9.17) is 4.74 Å². The molecule has 4 heteroatoms. The first-order valence-corrected chi connectivity index (χ1v) is 8.03. The van der Waals surface area contributed by atoms with Crippen LogP contribution in [0.15, 0.2) is 18.2 Å². The molecule has 1 amide bonds. The second-order valence-corrected chi connectivity index (χ2v) is 6.60. The lowest BCUT2D eigenvalue weighted by Gasteiger charge is -2.24. The number of hydrogen-bond donors (Lipinski definition) is 2. The molecule has 1 unspecified atom stereocenters. The van der Waals surface area contributed by atoms with Crippen molar-refractivity contribution in [3.05, 3.63) is 29.5 Å². The molecule has 2 aromatic rings. The summed E-state index contributed by atoms with van der Waals surface area (Å²) in [6.45, 7) is 4.15. The van der Waals surface area contributed by atoms with E-state index in [-0.39, 0.29) is 11.9 Å². The lowest BCUT2D eigenvalue weighted by molar-refractivity contribution is -0.122. The Balaban J connectivity index is 1.80. The van der Waals surface area contributed by atoms with E-state index in [1.807, 2.05) is 6.07 Å². The molecule has 0 radical (unpaired) electrons. The van der Waals surface area contributed by atoms with Crippen LogP contribution in [0.3, 0.4) is 0 Å². The molecular weight excluding hydrogens is 276 g/mol. The van der Waals surface area contributed by atoms with Crippen LogP contribution in [0, 0.1) is 5.92 Å². The van der Waals surface area contributed by atoms with Gasteiger partial charge in [0.25, 0.3) is 0 Å². The quantitative estimate of drug-likeness (QED) is 0.911. The van der Waals surface area contributed by atoms with Gasteiger partial charge in [0.15, 0.2) is 0 Å². The molecule has 0 fully saturated rings. The van der Waals surface area contributed by atoms with E-state index in [2.05, 4.69) is 36.3 Å². The predicted molar refractivity (Wildman–Crippen MR) is 88.3 cm³/mol. The van der Waals surface area contributed by atoms with Crippen molar-refractivity contribution in [3.8, 4) is 5.75 Å². The highest BCUT2D eigenvalue weighted by Gasteiger charge is 2.24. The van der Waals surface area contributed by atoms with Gasteiger partial charge in [-0.1, -0.05) is 13.8 Å². The number of aryl methyl sites for hydroxylation is 1. The van der Waals surface area contributed by atoms with Gasteiger partial charge < -0.3 is 15.0 Å². The second kappa shape index (κ2) is 6.03. The zero-order chi connectivity index (χ0) is 15.7. The van der Waals surface area contributed by atoms with Gasteiger partial charge in [-0.15, -0.1) is 0 Å². The molecule has 22 heavy (non-hydrogen) atoms. The standard InChI is InChI=1S/C18H24N2O2/c1-11(2)8-18(21)19-12-4-6-16-14(9-12)15-10-13(22-3)5-7-17(15)20-16/h5,7,10-12,20H,4,6,8-9H2,1-3H3,(H,19,21). The van der Waals surface area contributed by atoms with E-state index in [9.17, 15) is 4.79 Å². The monoisotopic (exact) mass is 300 g/mol. The minimum absolute atomic E-state index is 0.167. The van der Waals surface area contributed by atoms with Crippen LogP contribution in [0.25, 0.3) is 10.9 Å². The maximum Gasteiger partial charge on any atom is 0.220 e. The van der Waals surface area contributed by atoms with Crippen LogP contribution < -0.4 is 10.1 Å². The van der Waals surface area contributed by atoms with E-state index >= 15 is 0 Å². The maximum absolute atomic E-state index is 12.0. The molecule has 118 valence electrons. The van der Waals surface area contributed by atoms with Gasteiger partial charge in [0, 0.05) is 29.1 Å². The molecule has 0 saturated heterocycles. The number of rotatable bonds is 4. The third-order valence-electron chi connectivity index (χ3n) is 4.35. The van der Waals surface area contributed by atoms with Crippen molar-refractivity contribution in [3.63, 3.8) is 0 Å². The van der Waals surface area contributed by atoms with Crippen molar-refractivity contribution in [2.24, 2.45) is 5.92 Å². The third kappa shape index (κ3) is 2.96. The van der Waals surface area contributed by atoms with Gasteiger partial charge in [-0.3, -0.25) is 4.79 Å². The van der Waals surface area contributed by atoms with E-state index in [0.29, 0.717) is 12.3 Å². The summed E-state index contributed by atoms with van der Waals surface area (Å²) in [6.07, 6.45) is 3.48. The number of aromatic amines is 1. The average molecular weight is 300 g/mol. The smallest absolute Gasteiger partial charge is 0.220 e. The largest absolute Gasteiger partial charge is 0.497 e. The topological polar surface area (TPSA) is 54.1 Å². The van der Waals surface area contributed by atoms with E-state index < -0.39 is 0 Å². The highest BCUT2D eigenvalue weighted by atomic mass is 16.5. The molecule has 1 atom stereocenters. The SMILES string of the molecule is COc1ccc2[nH]c3c(c2c1)CC(NC(=O)CC(C)C)CC3. The van der Waals surface area contributed by atoms with Gasteiger partial charge in [-0.2, -0.15) is 0 Å². The molecule has 0 saturated carbocycles. The van der Waals surface area contributed by atoms with Gasteiger partial charge in [-0.25, -0.2) is 0 Å². The minimum atomic E-state index is 0.167. The number of carbonyl (C=O) groups excluding carboxylic acids is 1. The van der Waals surface area contributed by atoms with Gasteiger partial charge in [0.1, 0.15) is 5.75 Å². The van der Waals surface area contributed by atoms with Crippen molar-refractivity contribution in [2.75, 3.05) is 7.11 Å². The first kappa shape index (κ1) is 14.9. The number of aromatic nitrogens is 1. The fraction of sp³-hybridized carbons (Fsp3) is 0.500. The number of ether oxygens (including phenoxy) is 1. The maximum atomic E-state index is 12.0. The first-order valence-electron chi connectivity index (χ1n) is 8.03. The number of nitrogens with one attached hydrogen (secondary N) is 2. The second-order valence-electron chi connectivity index (χ2n) is 6.60. The highest BCUT2D eigenvalue weighted by molar-refractivity contribution is 5.86. The Hall–Kier alpha value is -1.97. The summed E-state index contributed by atoms with van der Waals surface area (Å²) < 4.78 is 5.33. The summed E-state index contributed by atoms with van der Waals surface area (Å²) in [5, 5.41) is 4.41. The number of benzene rings is 1. The molecule has 1 aliphatic rings. The van der Waals surface area contributed by atoms with E-state index in [1.54, 1.807) is 7.11 Å². The van der Waals surface area contributed by atoms with Crippen LogP contribution in [0.4, 0.5) is 0 Å². The molecule has 1 aliphatic carbocycles. The van der Waals surface area contributed by atoms with Crippen LogP contribution in [-0.2, 0) is 17.6 Å². The molecule has 0 bridgehead atoms. The number of methoxy groups -OCH3 is 1. The summed E-state index contributed by atoms with van der Waals surface area (Å²) in [5.74, 6) is 1.44. The molecule has 4 nitrogen and oxygen atoms in total. The first-order chi connectivity index (χ1) is 10.6. The molecule has 0 spiro atoms. The van der Waals surface area contributed by atoms with Crippen LogP contribution in [0.5, 0.6) is 5.75 Å². The van der Waals surface area contributed by atoms with Gasteiger partial charge in [0.05, 0.1) is 7.11 Å². The predicted octanol–water partition coefficient (Wildman–Crippen LogP) is 3.20. The van der Waals surface area contributed by atoms with Crippen molar-refractivity contribution >= 4 is 16.8 Å². The van der Waals surface area contributed by atoms with E-state index in [0.717, 1.165) is 30.5 Å². The van der Waals surface area contributed by atoms with Crippen LogP contribution >= 0.6 is 0 Å². The Morgan fingerprint density at radius 1 is 1.45 bits per heavy atom. The Morgan fingerprint density at radius 3 is 3.00 bits per heavy atom. The number of fused-ring (bicyclic) bond motifs is 3.